The van der Waals surface area contributed by atoms with Crippen LogP contribution in [0.25, 0.3) is 0 Å². The van der Waals surface area contributed by atoms with Gasteiger partial charge in [0, 0.05) is 0 Å². The normalized spacial score (nSPS) is 30.5. The summed E-state index contributed by atoms with van der Waals surface area (Å²) in [6.07, 6.45) is 54.7. The van der Waals surface area contributed by atoms with Gasteiger partial charge < -0.3 is 4.74 Å². The Morgan fingerprint density at radius 2 is 0.585 bits per heavy atom. The lowest BCUT2D eigenvalue weighted by Crippen LogP contribution is -2.24. The highest BCUT2D eigenvalue weighted by Gasteiger charge is 2.32. The van der Waals surface area contributed by atoms with E-state index in [2.05, 4.69) is 39.8 Å². The van der Waals surface area contributed by atoms with Crippen LogP contribution in [0.2, 0.25) is 0 Å². The molecule has 4 aliphatic rings. The van der Waals surface area contributed by atoms with E-state index in [4.69, 9.17) is 4.74 Å². The maximum atomic E-state index is 6.67. The van der Waals surface area contributed by atoms with Crippen LogP contribution >= 0.6 is 0 Å². The van der Waals surface area contributed by atoms with Crippen molar-refractivity contribution in [3.8, 4) is 0 Å². The summed E-state index contributed by atoms with van der Waals surface area (Å²) in [4.78, 5) is 0. The van der Waals surface area contributed by atoms with E-state index >= 15 is 0 Å². The molecule has 0 bridgehead atoms. The van der Waals surface area contributed by atoms with Gasteiger partial charge in [-0.05, 0) is 150 Å². The Morgan fingerprint density at radius 3 is 0.849 bits per heavy atom. The maximum absolute atomic E-state index is 6.67. The zero-order valence-electron chi connectivity index (χ0n) is 36.6. The van der Waals surface area contributed by atoms with Crippen LogP contribution in [-0.2, 0) is 4.74 Å². The molecular weight excluding hydrogens is 641 g/mol. The van der Waals surface area contributed by atoms with Crippen LogP contribution in [-0.4, -0.2) is 13.2 Å². The molecule has 0 aromatic carbocycles. The summed E-state index contributed by atoms with van der Waals surface area (Å²) < 4.78 is 6.67. The predicted molar refractivity (Wildman–Crippen MR) is 235 cm³/mol. The number of hydrogen-bond acceptors (Lipinski definition) is 1. The van der Waals surface area contributed by atoms with Crippen molar-refractivity contribution in [2.45, 2.75) is 246 Å². The molecule has 0 aromatic heterocycles. The second-order valence-electron chi connectivity index (χ2n) is 19.5. The highest BCUT2D eigenvalue weighted by molar-refractivity contribution is 5.15. The molecule has 4 aliphatic carbocycles. The van der Waals surface area contributed by atoms with Crippen molar-refractivity contribution in [1.82, 2.24) is 0 Å². The summed E-state index contributed by atoms with van der Waals surface area (Å²) in [5, 5.41) is 0. The van der Waals surface area contributed by atoms with Gasteiger partial charge in [-0.1, -0.05) is 167 Å². The van der Waals surface area contributed by atoms with Crippen molar-refractivity contribution in [1.29, 1.82) is 0 Å². The molecule has 1 heteroatoms. The summed E-state index contributed by atoms with van der Waals surface area (Å²) in [6.45, 7) is 11.1. The summed E-state index contributed by atoms with van der Waals surface area (Å²) in [6, 6.07) is 0. The maximum Gasteiger partial charge on any atom is 0.0654 e. The fraction of sp³-hybridized carbons (Fsp3) is 0.923. The van der Waals surface area contributed by atoms with E-state index in [1.54, 1.807) is 0 Å². The molecule has 0 saturated heterocycles. The second-order valence-corrected chi connectivity index (χ2v) is 19.5. The Hall–Kier alpha value is -0.560. The fourth-order valence-electron chi connectivity index (χ4n) is 11.9. The third kappa shape index (κ3) is 17.2. The van der Waals surface area contributed by atoms with Crippen molar-refractivity contribution < 1.29 is 4.74 Å². The van der Waals surface area contributed by atoms with E-state index in [9.17, 15) is 0 Å². The SMILES string of the molecule is CCCCCC[C@H]1CC[C@H](C(=CCOCC=C([C@H]2CC[C@H](CCCCC)CC2)[C@H]2CC[C@H](CCCCCC)CC2)[C@H]2CC[C@H](CCCCC)CC2)CC1. The van der Waals surface area contributed by atoms with Crippen LogP contribution in [0.4, 0.5) is 0 Å². The molecule has 308 valence electrons. The largest absolute Gasteiger partial charge is 0.373 e. The van der Waals surface area contributed by atoms with Crippen molar-refractivity contribution in [3.05, 3.63) is 23.3 Å². The van der Waals surface area contributed by atoms with Gasteiger partial charge in [0.1, 0.15) is 0 Å². The lowest BCUT2D eigenvalue weighted by Gasteiger charge is -2.37. The number of allylic oxidation sites excluding steroid dienone is 2. The van der Waals surface area contributed by atoms with Gasteiger partial charge in [0.15, 0.2) is 0 Å². The summed E-state index contributed by atoms with van der Waals surface area (Å²) in [7, 11) is 0. The Labute approximate surface area is 333 Å². The molecule has 0 aromatic rings. The highest BCUT2D eigenvalue weighted by Crippen LogP contribution is 2.45. The zero-order valence-corrected chi connectivity index (χ0v) is 36.6. The molecule has 4 saturated carbocycles. The Bertz CT molecular complexity index is 852. The van der Waals surface area contributed by atoms with Crippen LogP contribution in [0, 0.1) is 47.3 Å². The number of rotatable bonds is 26. The van der Waals surface area contributed by atoms with Gasteiger partial charge >= 0.3 is 0 Å². The Morgan fingerprint density at radius 1 is 0.340 bits per heavy atom. The highest BCUT2D eigenvalue weighted by atomic mass is 16.5. The smallest absolute Gasteiger partial charge is 0.0654 e. The molecule has 53 heavy (non-hydrogen) atoms. The van der Waals surface area contributed by atoms with E-state index in [0.29, 0.717) is 0 Å². The molecule has 0 atom stereocenters. The average molecular weight is 735 g/mol. The molecule has 0 spiro atoms. The summed E-state index contributed by atoms with van der Waals surface area (Å²) in [5.41, 5.74) is 3.70. The molecule has 0 amide bonds. The lowest BCUT2D eigenvalue weighted by molar-refractivity contribution is 0.183. The molecule has 0 aliphatic heterocycles. The van der Waals surface area contributed by atoms with E-state index in [1.165, 1.54) is 218 Å². The van der Waals surface area contributed by atoms with Gasteiger partial charge in [-0.2, -0.15) is 0 Å². The van der Waals surface area contributed by atoms with Crippen LogP contribution in [0.3, 0.4) is 0 Å². The first-order valence-corrected chi connectivity index (χ1v) is 25.1. The predicted octanol–water partition coefficient (Wildman–Crippen LogP) is 17.2. The minimum Gasteiger partial charge on any atom is -0.373 e. The molecular formula is C52H94O. The van der Waals surface area contributed by atoms with Gasteiger partial charge in [0.05, 0.1) is 13.2 Å². The third-order valence-electron chi connectivity index (χ3n) is 15.5. The quantitative estimate of drug-likeness (QED) is 0.0635. The van der Waals surface area contributed by atoms with Crippen LogP contribution in [0.15, 0.2) is 23.3 Å². The van der Waals surface area contributed by atoms with Gasteiger partial charge in [0.2, 0.25) is 0 Å². The third-order valence-corrected chi connectivity index (χ3v) is 15.5. The minimum absolute atomic E-state index is 0.836. The fourth-order valence-corrected chi connectivity index (χ4v) is 11.9. The van der Waals surface area contributed by atoms with E-state index in [1.807, 2.05) is 11.1 Å². The molecule has 4 rings (SSSR count). The number of ether oxygens (including phenoxy) is 1. The first-order chi connectivity index (χ1) is 26.1. The molecule has 0 radical (unpaired) electrons. The summed E-state index contributed by atoms with van der Waals surface area (Å²) in [5.74, 6) is 7.35. The number of hydrogen-bond donors (Lipinski definition) is 0. The monoisotopic (exact) mass is 735 g/mol. The minimum atomic E-state index is 0.836. The van der Waals surface area contributed by atoms with Gasteiger partial charge in [-0.25, -0.2) is 0 Å². The average Bonchev–Trinajstić information content (AvgIpc) is 3.20. The van der Waals surface area contributed by atoms with Crippen molar-refractivity contribution in [2.24, 2.45) is 47.3 Å². The van der Waals surface area contributed by atoms with Crippen molar-refractivity contribution in [3.63, 3.8) is 0 Å². The topological polar surface area (TPSA) is 9.23 Å². The van der Waals surface area contributed by atoms with E-state index in [-0.39, 0.29) is 0 Å². The Kier molecular flexibility index (Phi) is 23.8. The number of unbranched alkanes of at least 4 members (excludes halogenated alkanes) is 10. The van der Waals surface area contributed by atoms with Crippen LogP contribution < -0.4 is 0 Å². The van der Waals surface area contributed by atoms with Gasteiger partial charge in [-0.3, -0.25) is 0 Å². The van der Waals surface area contributed by atoms with Gasteiger partial charge in [-0.15, -0.1) is 0 Å². The van der Waals surface area contributed by atoms with E-state index < -0.39 is 0 Å². The molecule has 0 heterocycles. The van der Waals surface area contributed by atoms with Crippen molar-refractivity contribution in [2.75, 3.05) is 13.2 Å². The first kappa shape index (κ1) is 45.1. The zero-order chi connectivity index (χ0) is 37.4. The Balaban J connectivity index is 1.34. The second kappa shape index (κ2) is 27.9. The van der Waals surface area contributed by atoms with Gasteiger partial charge in [0.25, 0.3) is 0 Å². The van der Waals surface area contributed by atoms with Crippen LogP contribution in [0.1, 0.15) is 246 Å². The first-order valence-electron chi connectivity index (χ1n) is 25.1. The lowest BCUT2D eigenvalue weighted by atomic mass is 9.69. The van der Waals surface area contributed by atoms with Crippen LogP contribution in [0.5, 0.6) is 0 Å². The molecule has 4 fully saturated rings. The van der Waals surface area contributed by atoms with E-state index in [0.717, 1.165) is 60.6 Å². The summed E-state index contributed by atoms with van der Waals surface area (Å²) >= 11 is 0. The molecule has 0 N–H and O–H groups in total. The molecule has 1 nitrogen and oxygen atoms in total. The van der Waals surface area contributed by atoms with Crippen molar-refractivity contribution >= 4 is 0 Å². The standard InChI is InChI=1S/C52H94O/c1-5-9-13-17-21-45-27-35-49(36-28-45)51(47-31-23-43(24-32-47)19-15-11-7-3)39-41-53-42-40-52(48-33-25-44(26-34-48)20-16-12-8-4)50-37-29-46(30-38-50)22-18-14-10-6-2/h39-40,43-50H,5-38,41-42H2,1-4H3/t43-,44-,45-,46-,47-,48-,49-,50-. The molecule has 0 unspecified atom stereocenters.